The van der Waals surface area contributed by atoms with E-state index in [-0.39, 0.29) is 24.2 Å². The number of methoxy groups -OCH3 is 2. The van der Waals surface area contributed by atoms with Gasteiger partial charge in [-0.05, 0) is 37.1 Å². The van der Waals surface area contributed by atoms with Gasteiger partial charge in [0.1, 0.15) is 10.8 Å². The summed E-state index contributed by atoms with van der Waals surface area (Å²) in [6.07, 6.45) is 2.08. The summed E-state index contributed by atoms with van der Waals surface area (Å²) in [6.45, 7) is 1.33. The Morgan fingerprint density at radius 2 is 1.93 bits per heavy atom. The van der Waals surface area contributed by atoms with Crippen LogP contribution >= 0.6 is 11.3 Å². The van der Waals surface area contributed by atoms with E-state index in [4.69, 9.17) is 9.47 Å². The fraction of sp³-hybridized carbons (Fsp3) is 0.474. The Morgan fingerprint density at radius 3 is 2.57 bits per heavy atom. The van der Waals surface area contributed by atoms with Gasteiger partial charge in [0.2, 0.25) is 16.9 Å². The summed E-state index contributed by atoms with van der Waals surface area (Å²) in [5.74, 6) is 0.807. The molecule has 1 N–H and O–H groups in total. The summed E-state index contributed by atoms with van der Waals surface area (Å²) in [5, 5.41) is 12.1. The maximum atomic E-state index is 12.3. The van der Waals surface area contributed by atoms with E-state index in [1.54, 1.807) is 19.1 Å². The second-order valence-electron chi connectivity index (χ2n) is 6.53. The van der Waals surface area contributed by atoms with Crippen LogP contribution in [0.15, 0.2) is 24.3 Å². The van der Waals surface area contributed by atoms with Gasteiger partial charge in [-0.25, -0.2) is 0 Å². The van der Waals surface area contributed by atoms with Crippen molar-refractivity contribution in [2.45, 2.75) is 19.3 Å². The molecule has 9 heteroatoms. The largest absolute Gasteiger partial charge is 0.497 e. The molecule has 1 aliphatic rings. The molecule has 0 atom stereocenters. The lowest BCUT2D eigenvalue weighted by Gasteiger charge is -2.22. The second-order valence-corrected chi connectivity index (χ2v) is 7.51. The molecule has 1 fully saturated rings. The Kier molecular flexibility index (Phi) is 6.94. The number of nitrogens with one attached hydrogen (secondary N) is 1. The predicted octanol–water partition coefficient (Wildman–Crippen LogP) is 2.43. The lowest BCUT2D eigenvalue weighted by atomic mass is 10.2. The molecule has 1 aromatic carbocycles. The maximum Gasteiger partial charge on any atom is 0.227 e. The van der Waals surface area contributed by atoms with Crippen molar-refractivity contribution in [3.05, 3.63) is 24.3 Å². The van der Waals surface area contributed by atoms with E-state index in [0.717, 1.165) is 24.2 Å². The molecular weight excluding hydrogens is 380 g/mol. The van der Waals surface area contributed by atoms with Gasteiger partial charge < -0.3 is 19.7 Å². The first-order valence-electron chi connectivity index (χ1n) is 9.16. The van der Waals surface area contributed by atoms with Crippen molar-refractivity contribution in [2.24, 2.45) is 5.92 Å². The molecule has 0 aliphatic heterocycles. The Bertz CT molecular complexity index is 805. The van der Waals surface area contributed by atoms with Gasteiger partial charge >= 0.3 is 0 Å². The number of carbonyl (C=O) groups is 2. The first kappa shape index (κ1) is 20.2. The SMILES string of the molecule is COCCN(CCC(=O)Nc1nnc(-c2ccc(OC)cc2)s1)C(=O)C1CC1. The molecule has 150 valence electrons. The zero-order valence-corrected chi connectivity index (χ0v) is 16.8. The quantitative estimate of drug-likeness (QED) is 0.654. The van der Waals surface area contributed by atoms with Crippen LogP contribution in [0.3, 0.4) is 0 Å². The van der Waals surface area contributed by atoms with Gasteiger partial charge in [-0.3, -0.25) is 9.59 Å². The van der Waals surface area contributed by atoms with Crippen LogP contribution < -0.4 is 10.1 Å². The predicted molar refractivity (Wildman–Crippen MR) is 106 cm³/mol. The van der Waals surface area contributed by atoms with Crippen LogP contribution in [0.2, 0.25) is 0 Å². The molecule has 2 amide bonds. The Hall–Kier alpha value is -2.52. The molecule has 0 saturated heterocycles. The number of hydrogen-bond donors (Lipinski definition) is 1. The summed E-state index contributed by atoms with van der Waals surface area (Å²) >= 11 is 1.30. The third-order valence-electron chi connectivity index (χ3n) is 4.42. The summed E-state index contributed by atoms with van der Waals surface area (Å²) in [5.41, 5.74) is 0.902. The van der Waals surface area contributed by atoms with Crippen LogP contribution in [0.1, 0.15) is 19.3 Å². The average Bonchev–Trinajstić information content (AvgIpc) is 3.47. The van der Waals surface area contributed by atoms with Crippen molar-refractivity contribution in [3.8, 4) is 16.3 Å². The zero-order chi connectivity index (χ0) is 19.9. The van der Waals surface area contributed by atoms with Crippen molar-refractivity contribution in [1.29, 1.82) is 0 Å². The smallest absolute Gasteiger partial charge is 0.227 e. The number of rotatable bonds is 10. The average molecular weight is 404 g/mol. The molecule has 8 nitrogen and oxygen atoms in total. The third kappa shape index (κ3) is 5.49. The van der Waals surface area contributed by atoms with E-state index in [0.29, 0.717) is 29.8 Å². The number of hydrogen-bond acceptors (Lipinski definition) is 7. The van der Waals surface area contributed by atoms with Crippen LogP contribution in [0.5, 0.6) is 5.75 Å². The molecular formula is C19H24N4O4S. The van der Waals surface area contributed by atoms with Crippen LogP contribution in [0.25, 0.3) is 10.6 Å². The van der Waals surface area contributed by atoms with E-state index in [1.807, 2.05) is 24.3 Å². The van der Waals surface area contributed by atoms with Crippen molar-refractivity contribution in [3.63, 3.8) is 0 Å². The fourth-order valence-electron chi connectivity index (χ4n) is 2.66. The minimum absolute atomic E-state index is 0.113. The second kappa shape index (κ2) is 9.61. The normalized spacial score (nSPS) is 13.2. The molecule has 0 radical (unpaired) electrons. The highest BCUT2D eigenvalue weighted by atomic mass is 32.1. The summed E-state index contributed by atoms with van der Waals surface area (Å²) in [6, 6.07) is 7.48. The molecule has 1 aromatic heterocycles. The maximum absolute atomic E-state index is 12.3. The lowest BCUT2D eigenvalue weighted by Crippen LogP contribution is -2.37. The molecule has 0 spiro atoms. The molecule has 1 saturated carbocycles. The van der Waals surface area contributed by atoms with Crippen molar-refractivity contribution < 1.29 is 19.1 Å². The highest BCUT2D eigenvalue weighted by Gasteiger charge is 2.33. The molecule has 1 heterocycles. The molecule has 1 aliphatic carbocycles. The number of amides is 2. The van der Waals surface area contributed by atoms with E-state index in [9.17, 15) is 9.59 Å². The van der Waals surface area contributed by atoms with Gasteiger partial charge in [0.15, 0.2) is 0 Å². The van der Waals surface area contributed by atoms with E-state index >= 15 is 0 Å². The van der Waals surface area contributed by atoms with Gasteiger partial charge in [0, 0.05) is 38.1 Å². The number of carbonyl (C=O) groups excluding carboxylic acids is 2. The van der Waals surface area contributed by atoms with E-state index in [2.05, 4.69) is 15.5 Å². The number of anilines is 1. The van der Waals surface area contributed by atoms with Crippen LogP contribution in [-0.4, -0.2) is 60.8 Å². The lowest BCUT2D eigenvalue weighted by molar-refractivity contribution is -0.133. The zero-order valence-electron chi connectivity index (χ0n) is 16.0. The van der Waals surface area contributed by atoms with Gasteiger partial charge in [-0.1, -0.05) is 11.3 Å². The van der Waals surface area contributed by atoms with Crippen LogP contribution in [0.4, 0.5) is 5.13 Å². The molecule has 3 rings (SSSR count). The van der Waals surface area contributed by atoms with E-state index in [1.165, 1.54) is 11.3 Å². The monoisotopic (exact) mass is 404 g/mol. The van der Waals surface area contributed by atoms with Crippen molar-refractivity contribution in [1.82, 2.24) is 15.1 Å². The topological polar surface area (TPSA) is 93.7 Å². The summed E-state index contributed by atoms with van der Waals surface area (Å²) in [7, 11) is 3.21. The van der Waals surface area contributed by atoms with Crippen molar-refractivity contribution in [2.75, 3.05) is 39.2 Å². The number of nitrogens with zero attached hydrogens (tertiary/aromatic N) is 3. The first-order valence-corrected chi connectivity index (χ1v) is 9.98. The Labute approximate surface area is 167 Å². The van der Waals surface area contributed by atoms with Gasteiger partial charge in [0.25, 0.3) is 0 Å². The number of ether oxygens (including phenoxy) is 2. The highest BCUT2D eigenvalue weighted by Crippen LogP contribution is 2.31. The molecule has 28 heavy (non-hydrogen) atoms. The molecule has 0 unspecified atom stereocenters. The molecule has 0 bridgehead atoms. The van der Waals surface area contributed by atoms with E-state index < -0.39 is 0 Å². The molecule has 2 aromatic rings. The van der Waals surface area contributed by atoms with Gasteiger partial charge in [-0.15, -0.1) is 10.2 Å². The summed E-state index contributed by atoms with van der Waals surface area (Å²) < 4.78 is 10.2. The van der Waals surface area contributed by atoms with Crippen LogP contribution in [0, 0.1) is 5.92 Å². The summed E-state index contributed by atoms with van der Waals surface area (Å²) in [4.78, 5) is 26.3. The Balaban J connectivity index is 1.52. The standard InChI is InChI=1S/C19H24N4O4S/c1-26-12-11-23(18(25)14-3-4-14)10-9-16(24)20-19-22-21-17(28-19)13-5-7-15(27-2)8-6-13/h5-8,14H,3-4,9-12H2,1-2H3,(H,20,22,24). The van der Waals surface area contributed by atoms with Crippen molar-refractivity contribution >= 4 is 28.3 Å². The fourth-order valence-corrected chi connectivity index (χ4v) is 3.43. The Morgan fingerprint density at radius 1 is 1.18 bits per heavy atom. The number of benzene rings is 1. The number of aromatic nitrogens is 2. The van der Waals surface area contributed by atoms with Gasteiger partial charge in [0.05, 0.1) is 13.7 Å². The van der Waals surface area contributed by atoms with Gasteiger partial charge in [-0.2, -0.15) is 0 Å². The first-order chi connectivity index (χ1) is 13.6. The highest BCUT2D eigenvalue weighted by molar-refractivity contribution is 7.18. The minimum Gasteiger partial charge on any atom is -0.497 e. The third-order valence-corrected chi connectivity index (χ3v) is 5.31. The van der Waals surface area contributed by atoms with Crippen LogP contribution in [-0.2, 0) is 14.3 Å². The minimum atomic E-state index is -0.191.